The summed E-state index contributed by atoms with van der Waals surface area (Å²) in [4.78, 5) is 29.9. The Labute approximate surface area is 168 Å². The van der Waals surface area contributed by atoms with E-state index in [0.717, 1.165) is 21.6 Å². The van der Waals surface area contributed by atoms with E-state index in [0.29, 0.717) is 25.9 Å². The maximum atomic E-state index is 13.0. The van der Waals surface area contributed by atoms with Crippen LogP contribution in [-0.4, -0.2) is 41.8 Å². The molecule has 6 heteroatoms. The van der Waals surface area contributed by atoms with Crippen molar-refractivity contribution in [3.63, 3.8) is 0 Å². The van der Waals surface area contributed by atoms with Gasteiger partial charge in [-0.05, 0) is 43.3 Å². The van der Waals surface area contributed by atoms with Crippen molar-refractivity contribution in [3.05, 3.63) is 58.5 Å². The molecule has 2 aromatic heterocycles. The third-order valence-corrected chi connectivity index (χ3v) is 6.51. The first-order valence-corrected chi connectivity index (χ1v) is 10.5. The summed E-state index contributed by atoms with van der Waals surface area (Å²) < 4.78 is 5.93. The number of thiophene rings is 1. The smallest absolute Gasteiger partial charge is 0.263 e. The van der Waals surface area contributed by atoms with E-state index >= 15 is 0 Å². The van der Waals surface area contributed by atoms with Gasteiger partial charge in [0.1, 0.15) is 11.3 Å². The number of furan rings is 1. The van der Waals surface area contributed by atoms with Gasteiger partial charge in [-0.3, -0.25) is 9.59 Å². The van der Waals surface area contributed by atoms with Crippen LogP contribution in [0, 0.1) is 5.92 Å². The number of amides is 2. The summed E-state index contributed by atoms with van der Waals surface area (Å²) in [6.07, 6.45) is 1.40. The largest absolute Gasteiger partial charge is 0.459 e. The predicted octanol–water partition coefficient (Wildman–Crippen LogP) is 4.57. The molecule has 0 aliphatic carbocycles. The topological polar surface area (TPSA) is 53.8 Å². The third-order valence-electron chi connectivity index (χ3n) is 5.65. The molecule has 146 valence electrons. The Balaban J connectivity index is 1.38. The Morgan fingerprint density at radius 2 is 1.93 bits per heavy atom. The molecule has 1 atom stereocenters. The Hall–Kier alpha value is -2.60. The summed E-state index contributed by atoms with van der Waals surface area (Å²) in [5, 5.41) is 2.96. The van der Waals surface area contributed by atoms with Crippen LogP contribution in [0.5, 0.6) is 0 Å². The quantitative estimate of drug-likeness (QED) is 0.649. The minimum atomic E-state index is -0.134. The summed E-state index contributed by atoms with van der Waals surface area (Å²) in [6.45, 7) is 3.24. The standard InChI is InChI=1S/C22H24N2O3S/c1-15(19-14-17-6-3-4-7-18(17)27-19)23(2)21(25)16-9-11-24(12-10-16)22(26)20-8-5-13-28-20/h3-8,13-16H,9-12H2,1-2H3. The molecular weight excluding hydrogens is 372 g/mol. The van der Waals surface area contributed by atoms with Crippen molar-refractivity contribution in [2.24, 2.45) is 5.92 Å². The van der Waals surface area contributed by atoms with Crippen LogP contribution in [0.15, 0.2) is 52.3 Å². The van der Waals surface area contributed by atoms with E-state index in [1.807, 2.05) is 66.7 Å². The number of likely N-dealkylation sites (tertiary alicyclic amines) is 1. The number of benzene rings is 1. The number of piperidine rings is 1. The van der Waals surface area contributed by atoms with Gasteiger partial charge in [-0.1, -0.05) is 24.3 Å². The average molecular weight is 397 g/mol. The van der Waals surface area contributed by atoms with Crippen molar-refractivity contribution in [2.45, 2.75) is 25.8 Å². The molecule has 3 aromatic rings. The molecule has 1 aromatic carbocycles. The van der Waals surface area contributed by atoms with Crippen LogP contribution in [0.25, 0.3) is 11.0 Å². The predicted molar refractivity (Wildman–Crippen MR) is 110 cm³/mol. The van der Waals surface area contributed by atoms with Crippen LogP contribution in [0.2, 0.25) is 0 Å². The van der Waals surface area contributed by atoms with Crippen molar-refractivity contribution in [1.29, 1.82) is 0 Å². The van der Waals surface area contributed by atoms with E-state index in [-0.39, 0.29) is 23.8 Å². The van der Waals surface area contributed by atoms with E-state index in [4.69, 9.17) is 4.42 Å². The Bertz CT molecular complexity index is 938. The van der Waals surface area contributed by atoms with Crippen molar-refractivity contribution >= 4 is 34.1 Å². The van der Waals surface area contributed by atoms with Gasteiger partial charge in [0.15, 0.2) is 0 Å². The monoisotopic (exact) mass is 396 g/mol. The van der Waals surface area contributed by atoms with Crippen LogP contribution in [0.4, 0.5) is 0 Å². The molecule has 0 saturated carbocycles. The number of fused-ring (bicyclic) bond motifs is 1. The molecular formula is C22H24N2O3S. The normalized spacial score (nSPS) is 16.3. The molecule has 3 heterocycles. The first kappa shape index (κ1) is 18.7. The minimum Gasteiger partial charge on any atom is -0.459 e. The summed E-state index contributed by atoms with van der Waals surface area (Å²) in [5.41, 5.74) is 0.839. The van der Waals surface area contributed by atoms with Crippen LogP contribution in [0.1, 0.15) is 41.2 Å². The second-order valence-electron chi connectivity index (χ2n) is 7.36. The van der Waals surface area contributed by atoms with Gasteiger partial charge in [-0.2, -0.15) is 0 Å². The second kappa shape index (κ2) is 7.80. The molecule has 1 aliphatic heterocycles. The molecule has 1 saturated heterocycles. The lowest BCUT2D eigenvalue weighted by Gasteiger charge is -2.34. The van der Waals surface area contributed by atoms with Gasteiger partial charge in [0.2, 0.25) is 5.91 Å². The lowest BCUT2D eigenvalue weighted by Crippen LogP contribution is -2.43. The fraction of sp³-hybridized carbons (Fsp3) is 0.364. The lowest BCUT2D eigenvalue weighted by atomic mass is 9.94. The number of rotatable bonds is 4. The van der Waals surface area contributed by atoms with Gasteiger partial charge in [0, 0.05) is 31.4 Å². The zero-order chi connectivity index (χ0) is 19.7. The van der Waals surface area contributed by atoms with Crippen molar-refractivity contribution in [3.8, 4) is 0 Å². The maximum absolute atomic E-state index is 13.0. The first-order chi connectivity index (χ1) is 13.5. The van der Waals surface area contributed by atoms with E-state index in [9.17, 15) is 9.59 Å². The number of carbonyl (C=O) groups excluding carboxylic acids is 2. The van der Waals surface area contributed by atoms with Crippen molar-refractivity contribution < 1.29 is 14.0 Å². The zero-order valence-electron chi connectivity index (χ0n) is 16.1. The fourth-order valence-corrected chi connectivity index (χ4v) is 4.45. The number of carbonyl (C=O) groups is 2. The summed E-state index contributed by atoms with van der Waals surface area (Å²) >= 11 is 1.46. The molecule has 5 nitrogen and oxygen atoms in total. The van der Waals surface area contributed by atoms with Crippen LogP contribution in [-0.2, 0) is 4.79 Å². The highest BCUT2D eigenvalue weighted by molar-refractivity contribution is 7.12. The Morgan fingerprint density at radius 1 is 1.18 bits per heavy atom. The highest BCUT2D eigenvalue weighted by Crippen LogP contribution is 2.29. The van der Waals surface area contributed by atoms with E-state index in [1.54, 1.807) is 4.90 Å². The van der Waals surface area contributed by atoms with Gasteiger partial charge in [-0.15, -0.1) is 11.3 Å². The highest BCUT2D eigenvalue weighted by atomic mass is 32.1. The van der Waals surface area contributed by atoms with Crippen molar-refractivity contribution in [1.82, 2.24) is 9.80 Å². The number of hydrogen-bond acceptors (Lipinski definition) is 4. The summed E-state index contributed by atoms with van der Waals surface area (Å²) in [5.74, 6) is 0.938. The second-order valence-corrected chi connectivity index (χ2v) is 8.30. The average Bonchev–Trinajstić information content (AvgIpc) is 3.41. The molecule has 4 rings (SSSR count). The molecule has 0 N–H and O–H groups in total. The van der Waals surface area contributed by atoms with E-state index < -0.39 is 0 Å². The minimum absolute atomic E-state index is 0.0517. The molecule has 0 spiro atoms. The van der Waals surface area contributed by atoms with Gasteiger partial charge < -0.3 is 14.2 Å². The molecule has 1 unspecified atom stereocenters. The highest BCUT2D eigenvalue weighted by Gasteiger charge is 2.32. The summed E-state index contributed by atoms with van der Waals surface area (Å²) in [6, 6.07) is 13.5. The number of hydrogen-bond donors (Lipinski definition) is 0. The number of para-hydroxylation sites is 1. The van der Waals surface area contributed by atoms with E-state index in [2.05, 4.69) is 0 Å². The first-order valence-electron chi connectivity index (χ1n) is 9.62. The van der Waals surface area contributed by atoms with Crippen LogP contribution in [0.3, 0.4) is 0 Å². The Kier molecular flexibility index (Phi) is 5.22. The molecule has 0 bridgehead atoms. The SMILES string of the molecule is CC(c1cc2ccccc2o1)N(C)C(=O)C1CCN(C(=O)c2cccs2)CC1. The molecule has 2 amide bonds. The zero-order valence-corrected chi connectivity index (χ0v) is 16.9. The van der Waals surface area contributed by atoms with Gasteiger partial charge in [-0.25, -0.2) is 0 Å². The van der Waals surface area contributed by atoms with Gasteiger partial charge in [0.25, 0.3) is 5.91 Å². The number of nitrogens with zero attached hydrogens (tertiary/aromatic N) is 2. The van der Waals surface area contributed by atoms with Gasteiger partial charge >= 0.3 is 0 Å². The lowest BCUT2D eigenvalue weighted by molar-refractivity contribution is -0.137. The third kappa shape index (κ3) is 3.56. The molecule has 1 aliphatic rings. The van der Waals surface area contributed by atoms with Gasteiger partial charge in [0.05, 0.1) is 10.9 Å². The van der Waals surface area contributed by atoms with Crippen LogP contribution >= 0.6 is 11.3 Å². The molecule has 1 fully saturated rings. The maximum Gasteiger partial charge on any atom is 0.263 e. The summed E-state index contributed by atoms with van der Waals surface area (Å²) in [7, 11) is 1.84. The molecule has 0 radical (unpaired) electrons. The fourth-order valence-electron chi connectivity index (χ4n) is 3.76. The van der Waals surface area contributed by atoms with Crippen molar-refractivity contribution in [2.75, 3.05) is 20.1 Å². The Morgan fingerprint density at radius 3 is 2.61 bits per heavy atom. The molecule has 28 heavy (non-hydrogen) atoms. The van der Waals surface area contributed by atoms with E-state index in [1.165, 1.54) is 11.3 Å². The van der Waals surface area contributed by atoms with Crippen LogP contribution < -0.4 is 0 Å².